The standard InChI is InChI=1S/C34H42N10O2.ClH/c1-42-15-17-43(18-16-42)31-14-11-28(22-37-31)27-4-2-3-24(19-27)20-30(36)34(46)44(33(45)26-7-5-23(21-35)6-8-26)29-12-9-25(10-13-29)32-38-40-41-39-32;/h2-4,9-14,19,22-23,26,30H,5-8,15-18,20-21,35-36H2,1H3,(H,38,39,40,41);1H/t23?,26?,30-;/m0./s1. The van der Waals surface area contributed by atoms with E-state index in [1.807, 2.05) is 30.5 Å². The number of imide groups is 1. The molecule has 2 aromatic heterocycles. The fourth-order valence-electron chi connectivity index (χ4n) is 6.40. The molecular weight excluding hydrogens is 616 g/mol. The zero-order valence-electron chi connectivity index (χ0n) is 26.7. The van der Waals surface area contributed by atoms with Crippen LogP contribution in [0.15, 0.2) is 66.9 Å². The number of amides is 2. The van der Waals surface area contributed by atoms with Crippen LogP contribution in [0.2, 0.25) is 0 Å². The lowest BCUT2D eigenvalue weighted by Crippen LogP contribution is -2.50. The lowest BCUT2D eigenvalue weighted by atomic mass is 9.81. The van der Waals surface area contributed by atoms with Crippen molar-refractivity contribution in [2.24, 2.45) is 23.3 Å². The first-order valence-electron chi connectivity index (χ1n) is 16.1. The Morgan fingerprint density at radius 1 is 0.957 bits per heavy atom. The first-order chi connectivity index (χ1) is 22.4. The molecule has 1 saturated heterocycles. The van der Waals surface area contributed by atoms with Crippen LogP contribution in [0, 0.1) is 11.8 Å². The summed E-state index contributed by atoms with van der Waals surface area (Å²) in [6.45, 7) is 4.58. The van der Waals surface area contributed by atoms with Gasteiger partial charge < -0.3 is 21.3 Å². The number of carbonyl (C=O) groups is 2. The lowest BCUT2D eigenvalue weighted by molar-refractivity contribution is -0.130. The highest BCUT2D eigenvalue weighted by atomic mass is 35.5. The van der Waals surface area contributed by atoms with Gasteiger partial charge in [0.05, 0.1) is 11.7 Å². The van der Waals surface area contributed by atoms with Gasteiger partial charge in [0.15, 0.2) is 0 Å². The first kappa shape index (κ1) is 34.1. The number of aromatic amines is 1. The van der Waals surface area contributed by atoms with Crippen molar-refractivity contribution < 1.29 is 9.59 Å². The smallest absolute Gasteiger partial charge is 0.251 e. The number of nitrogens with one attached hydrogen (secondary N) is 1. The average molecular weight is 659 g/mol. The molecule has 13 heteroatoms. The van der Waals surface area contributed by atoms with Crippen LogP contribution in [0.3, 0.4) is 0 Å². The molecule has 2 amide bonds. The number of piperazine rings is 1. The monoisotopic (exact) mass is 658 g/mol. The number of aromatic nitrogens is 5. The minimum absolute atomic E-state index is 0. The number of H-pyrrole nitrogens is 1. The number of anilines is 2. The van der Waals surface area contributed by atoms with Gasteiger partial charge in [-0.3, -0.25) is 9.59 Å². The number of hydrogen-bond donors (Lipinski definition) is 3. The molecule has 2 aromatic carbocycles. The summed E-state index contributed by atoms with van der Waals surface area (Å²) in [6, 6.07) is 18.2. The minimum atomic E-state index is -0.922. The van der Waals surface area contributed by atoms with Crippen LogP contribution in [0.5, 0.6) is 0 Å². The van der Waals surface area contributed by atoms with E-state index in [4.69, 9.17) is 16.5 Å². The second-order valence-corrected chi connectivity index (χ2v) is 12.5. The highest BCUT2D eigenvalue weighted by Gasteiger charge is 2.35. The predicted molar refractivity (Wildman–Crippen MR) is 185 cm³/mol. The summed E-state index contributed by atoms with van der Waals surface area (Å²) in [7, 11) is 2.14. The summed E-state index contributed by atoms with van der Waals surface area (Å²) < 4.78 is 0. The summed E-state index contributed by atoms with van der Waals surface area (Å²) in [6.07, 6.45) is 5.32. The summed E-state index contributed by atoms with van der Waals surface area (Å²) >= 11 is 0. The molecular formula is C34H43ClN10O2. The van der Waals surface area contributed by atoms with Crippen LogP contribution < -0.4 is 21.3 Å². The topological polar surface area (TPSA) is 163 Å². The van der Waals surface area contributed by atoms with Crippen molar-refractivity contribution >= 4 is 35.7 Å². The molecule has 0 radical (unpaired) electrons. The fraction of sp³-hybridized carbons (Fsp3) is 0.412. The van der Waals surface area contributed by atoms with Gasteiger partial charge in [-0.2, -0.15) is 5.21 Å². The van der Waals surface area contributed by atoms with Gasteiger partial charge in [-0.1, -0.05) is 24.3 Å². The Hall–Kier alpha value is -4.23. The van der Waals surface area contributed by atoms with Gasteiger partial charge in [-0.15, -0.1) is 22.6 Å². The van der Waals surface area contributed by atoms with Crippen LogP contribution in [-0.4, -0.2) is 88.1 Å². The van der Waals surface area contributed by atoms with Crippen LogP contribution in [0.1, 0.15) is 31.2 Å². The maximum absolute atomic E-state index is 14.0. The molecule has 12 nitrogen and oxygen atoms in total. The van der Waals surface area contributed by atoms with Crippen molar-refractivity contribution in [2.45, 2.75) is 38.1 Å². The third kappa shape index (κ3) is 8.02. The second-order valence-electron chi connectivity index (χ2n) is 12.5. The van der Waals surface area contributed by atoms with Gasteiger partial charge in [0.2, 0.25) is 11.7 Å². The number of nitrogens with two attached hydrogens (primary N) is 2. The molecule has 1 aliphatic heterocycles. The number of nitrogens with zero attached hydrogens (tertiary/aromatic N) is 7. The van der Waals surface area contributed by atoms with Gasteiger partial charge >= 0.3 is 0 Å². The van der Waals surface area contributed by atoms with Gasteiger partial charge in [-0.05, 0) is 104 Å². The number of benzene rings is 2. The van der Waals surface area contributed by atoms with Crippen LogP contribution in [-0.2, 0) is 16.0 Å². The van der Waals surface area contributed by atoms with E-state index in [0.717, 1.165) is 61.5 Å². The zero-order chi connectivity index (χ0) is 32.0. The molecule has 1 saturated carbocycles. The summed E-state index contributed by atoms with van der Waals surface area (Å²) in [5, 5.41) is 14.1. The van der Waals surface area contributed by atoms with Crippen LogP contribution >= 0.6 is 12.4 Å². The van der Waals surface area contributed by atoms with Gasteiger partial charge in [-0.25, -0.2) is 9.88 Å². The Morgan fingerprint density at radius 2 is 1.68 bits per heavy atom. The summed E-state index contributed by atoms with van der Waals surface area (Å²) in [5.41, 5.74) is 16.6. The molecule has 2 aliphatic rings. The Morgan fingerprint density at radius 3 is 2.32 bits per heavy atom. The molecule has 6 rings (SSSR count). The fourth-order valence-corrected chi connectivity index (χ4v) is 6.40. The number of rotatable bonds is 9. The van der Waals surface area contributed by atoms with Crippen LogP contribution in [0.4, 0.5) is 11.5 Å². The van der Waals surface area contributed by atoms with Crippen molar-refractivity contribution in [1.82, 2.24) is 30.5 Å². The van der Waals surface area contributed by atoms with Crippen molar-refractivity contribution in [3.8, 4) is 22.5 Å². The second kappa shape index (κ2) is 15.6. The van der Waals surface area contributed by atoms with Gasteiger partial charge in [0.1, 0.15) is 5.82 Å². The maximum Gasteiger partial charge on any atom is 0.251 e. The molecule has 47 heavy (non-hydrogen) atoms. The van der Waals surface area contributed by atoms with Crippen LogP contribution in [0.25, 0.3) is 22.5 Å². The Kier molecular flexibility index (Phi) is 11.3. The van der Waals surface area contributed by atoms with E-state index in [1.165, 1.54) is 4.90 Å². The molecule has 1 aliphatic carbocycles. The number of pyridine rings is 1. The van der Waals surface area contributed by atoms with E-state index in [0.29, 0.717) is 42.4 Å². The molecule has 0 unspecified atom stereocenters. The summed E-state index contributed by atoms with van der Waals surface area (Å²) in [4.78, 5) is 38.6. The Labute approximate surface area is 281 Å². The quantitative estimate of drug-likeness (QED) is 0.243. The van der Waals surface area contributed by atoms with Crippen molar-refractivity contribution in [3.63, 3.8) is 0 Å². The van der Waals surface area contributed by atoms with Crippen molar-refractivity contribution in [1.29, 1.82) is 0 Å². The largest absolute Gasteiger partial charge is 0.354 e. The maximum atomic E-state index is 14.0. The number of likely N-dealkylation sites (N-methyl/N-ethyl adjacent to an activating group) is 1. The van der Waals surface area contributed by atoms with Gasteiger partial charge in [0, 0.05) is 49.4 Å². The molecule has 1 atom stereocenters. The van der Waals surface area contributed by atoms with Crippen molar-refractivity contribution in [2.75, 3.05) is 49.6 Å². The molecule has 0 spiro atoms. The number of halogens is 1. The normalized spacial score (nSPS) is 19.1. The zero-order valence-corrected chi connectivity index (χ0v) is 27.5. The van der Waals surface area contributed by atoms with E-state index in [9.17, 15) is 9.59 Å². The molecule has 3 heterocycles. The molecule has 2 fully saturated rings. The minimum Gasteiger partial charge on any atom is -0.354 e. The summed E-state index contributed by atoms with van der Waals surface area (Å²) in [5.74, 6) is 0.907. The van der Waals surface area contributed by atoms with Gasteiger partial charge in [0.25, 0.3) is 5.91 Å². The third-order valence-corrected chi connectivity index (χ3v) is 9.31. The molecule has 5 N–H and O–H groups in total. The molecule has 0 bridgehead atoms. The average Bonchev–Trinajstić information content (AvgIpc) is 3.65. The number of tetrazole rings is 1. The van der Waals surface area contributed by atoms with E-state index in [-0.39, 0.29) is 30.7 Å². The van der Waals surface area contributed by atoms with Crippen molar-refractivity contribution in [3.05, 3.63) is 72.4 Å². The lowest BCUT2D eigenvalue weighted by Gasteiger charge is -2.33. The Bertz CT molecular complexity index is 1600. The van der Waals surface area contributed by atoms with E-state index in [2.05, 4.69) is 49.6 Å². The number of carbonyl (C=O) groups excluding carboxylic acids is 2. The van der Waals surface area contributed by atoms with E-state index < -0.39 is 11.9 Å². The number of hydrogen-bond acceptors (Lipinski definition) is 10. The molecule has 4 aromatic rings. The Balaban J connectivity index is 0.00000433. The third-order valence-electron chi connectivity index (χ3n) is 9.31. The highest BCUT2D eigenvalue weighted by molar-refractivity contribution is 6.17. The SMILES string of the molecule is CN1CCN(c2ccc(-c3cccc(C[C@H](N)C(=O)N(C(=O)C4CCC(CN)CC4)c4ccc(-c5nn[nH]n5)cc4)c3)cn2)CC1.Cl. The first-order valence-corrected chi connectivity index (χ1v) is 16.1. The predicted octanol–water partition coefficient (Wildman–Crippen LogP) is 3.30. The molecule has 248 valence electrons. The highest BCUT2D eigenvalue weighted by Crippen LogP contribution is 2.32. The van der Waals surface area contributed by atoms with E-state index in [1.54, 1.807) is 24.3 Å². The van der Waals surface area contributed by atoms with E-state index >= 15 is 0 Å².